The summed E-state index contributed by atoms with van der Waals surface area (Å²) < 4.78 is 0. The Labute approximate surface area is 577 Å². The number of hydrogen-bond donors (Lipinski definition) is 18. The van der Waals surface area contributed by atoms with Crippen LogP contribution in [0.5, 0.6) is 5.75 Å². The number of carbonyl (C=O) groups is 10. The Bertz CT molecular complexity index is 3220. The van der Waals surface area contributed by atoms with Crippen LogP contribution in [-0.4, -0.2) is 179 Å². The topological polar surface area (TPSA) is 504 Å². The monoisotopic (exact) mass is 1380 g/mol. The van der Waals surface area contributed by atoms with Crippen LogP contribution >= 0.6 is 11.8 Å². The molecule has 4 aromatic rings. The molecule has 9 amide bonds. The lowest BCUT2D eigenvalue weighted by Crippen LogP contribution is -2.62. The number of para-hydroxylation sites is 1. The number of aliphatic carboxylic acids is 1. The van der Waals surface area contributed by atoms with Gasteiger partial charge in [0.25, 0.3) is 0 Å². The molecule has 0 saturated heterocycles. The van der Waals surface area contributed by atoms with Crippen LogP contribution in [0.4, 0.5) is 0 Å². The number of aromatic nitrogens is 1. The number of aromatic amines is 1. The highest BCUT2D eigenvalue weighted by atomic mass is 32.2. The molecular weight excluding hydrogens is 1280 g/mol. The Morgan fingerprint density at radius 2 is 0.878 bits per heavy atom. The summed E-state index contributed by atoms with van der Waals surface area (Å²) in [6.45, 7) is 7.78. The predicted octanol–water partition coefficient (Wildman–Crippen LogP) is 0.182. The summed E-state index contributed by atoms with van der Waals surface area (Å²) in [4.78, 5) is 150. The van der Waals surface area contributed by atoms with E-state index in [1.54, 1.807) is 82.6 Å². The maximum Gasteiger partial charge on any atom is 0.326 e. The molecule has 0 aliphatic carbocycles. The molecular formula is C68H105N17O12S. The van der Waals surface area contributed by atoms with E-state index < -0.39 is 131 Å². The van der Waals surface area contributed by atoms with Crippen LogP contribution in [0.25, 0.3) is 10.9 Å². The summed E-state index contributed by atoms with van der Waals surface area (Å²) in [6, 6.07) is 9.09. The van der Waals surface area contributed by atoms with E-state index in [1.807, 2.05) is 24.3 Å². The smallest absolute Gasteiger partial charge is 0.326 e. The van der Waals surface area contributed by atoms with Gasteiger partial charge in [-0.1, -0.05) is 94.8 Å². The molecule has 24 N–H and O–H groups in total. The third kappa shape index (κ3) is 28.3. The molecule has 0 unspecified atom stereocenters. The second-order valence-corrected chi connectivity index (χ2v) is 26.0. The zero-order valence-electron chi connectivity index (χ0n) is 56.9. The third-order valence-electron chi connectivity index (χ3n) is 16.4. The Kier molecular flexibility index (Phi) is 36.2. The number of carboxylic acids is 1. The Morgan fingerprint density at radius 3 is 1.40 bits per heavy atom. The van der Waals surface area contributed by atoms with Crippen LogP contribution in [0.3, 0.4) is 0 Å². The summed E-state index contributed by atoms with van der Waals surface area (Å²) >= 11 is 1.39. The number of phenols is 1. The van der Waals surface area contributed by atoms with Gasteiger partial charge in [0.15, 0.2) is 5.96 Å². The Morgan fingerprint density at radius 1 is 0.469 bits per heavy atom. The van der Waals surface area contributed by atoms with E-state index >= 15 is 0 Å². The number of phenolic OH excluding ortho intramolecular Hbond substituents is 1. The zero-order chi connectivity index (χ0) is 72.3. The Hall–Kier alpha value is -8.84. The van der Waals surface area contributed by atoms with Gasteiger partial charge in [0.2, 0.25) is 53.2 Å². The van der Waals surface area contributed by atoms with Crippen molar-refractivity contribution in [2.24, 2.45) is 51.2 Å². The number of carboxylic acid groups (broad SMARTS) is 1. The molecule has 4 rings (SSSR count). The number of carbonyl (C=O) groups excluding carboxylic acids is 9. The van der Waals surface area contributed by atoms with E-state index in [4.69, 9.17) is 34.4 Å². The van der Waals surface area contributed by atoms with Crippen molar-refractivity contribution in [2.75, 3.05) is 38.2 Å². The predicted molar refractivity (Wildman–Crippen MR) is 378 cm³/mol. The molecule has 0 aliphatic heterocycles. The molecule has 0 spiro atoms. The van der Waals surface area contributed by atoms with Gasteiger partial charge in [0.1, 0.15) is 60.1 Å². The number of thioether (sulfide) groups is 1. The van der Waals surface area contributed by atoms with Gasteiger partial charge < -0.3 is 97.5 Å². The molecule has 10 atom stereocenters. The van der Waals surface area contributed by atoms with Gasteiger partial charge in [0, 0.05) is 42.9 Å². The van der Waals surface area contributed by atoms with E-state index in [2.05, 4.69) is 57.8 Å². The molecule has 30 heteroatoms. The number of aromatic hydroxyl groups is 1. The van der Waals surface area contributed by atoms with Crippen molar-refractivity contribution in [3.8, 4) is 5.75 Å². The van der Waals surface area contributed by atoms with Gasteiger partial charge in [-0.25, -0.2) is 4.79 Å². The number of nitrogens with two attached hydrogens (primary N) is 6. The van der Waals surface area contributed by atoms with Crippen LogP contribution in [0.2, 0.25) is 0 Å². The average Bonchev–Trinajstić information content (AvgIpc) is 1.58. The molecule has 3 aromatic carbocycles. The number of H-pyrrole nitrogens is 1. The first-order valence-electron chi connectivity index (χ1n) is 33.5. The molecule has 1 aromatic heterocycles. The van der Waals surface area contributed by atoms with Crippen molar-refractivity contribution in [3.63, 3.8) is 0 Å². The first-order valence-corrected chi connectivity index (χ1v) is 34.9. The number of nitrogens with one attached hydrogen (secondary N) is 10. The summed E-state index contributed by atoms with van der Waals surface area (Å²) in [6.07, 6.45) is 6.98. The van der Waals surface area contributed by atoms with Crippen LogP contribution in [0.1, 0.15) is 121 Å². The van der Waals surface area contributed by atoms with Gasteiger partial charge in [-0.15, -0.1) is 0 Å². The minimum Gasteiger partial charge on any atom is -0.508 e. The summed E-state index contributed by atoms with van der Waals surface area (Å²) in [5.41, 5.74) is 36.9. The second-order valence-electron chi connectivity index (χ2n) is 25.0. The minimum absolute atomic E-state index is 0.0355. The van der Waals surface area contributed by atoms with Crippen molar-refractivity contribution in [2.45, 2.75) is 184 Å². The average molecular weight is 1380 g/mol. The first-order chi connectivity index (χ1) is 46.8. The van der Waals surface area contributed by atoms with Crippen LogP contribution < -0.4 is 82.3 Å². The lowest BCUT2D eigenvalue weighted by molar-refractivity contribution is -0.142. The number of benzene rings is 3. The number of fused-ring (bicyclic) bond motifs is 1. The summed E-state index contributed by atoms with van der Waals surface area (Å²) in [5.74, 6) is -9.30. The second kappa shape index (κ2) is 43.4. The maximum atomic E-state index is 14.8. The number of hydrogen-bond acceptors (Lipinski definition) is 17. The van der Waals surface area contributed by atoms with Crippen molar-refractivity contribution < 1.29 is 58.2 Å². The first kappa shape index (κ1) is 81.6. The number of nitrogens with zero attached hydrogens (tertiary/aromatic N) is 1. The molecule has 0 fully saturated rings. The zero-order valence-corrected chi connectivity index (χ0v) is 57.8. The fourth-order valence-electron chi connectivity index (χ4n) is 10.8. The molecule has 1 heterocycles. The minimum atomic E-state index is -1.44. The van der Waals surface area contributed by atoms with E-state index in [1.165, 1.54) is 23.9 Å². The molecule has 0 radical (unpaired) electrons. The van der Waals surface area contributed by atoms with Crippen LogP contribution in [-0.2, 0) is 67.2 Å². The quantitative estimate of drug-likeness (QED) is 0.0159. The van der Waals surface area contributed by atoms with E-state index in [-0.39, 0.29) is 76.2 Å². The van der Waals surface area contributed by atoms with Crippen LogP contribution in [0.15, 0.2) is 90.1 Å². The van der Waals surface area contributed by atoms with Gasteiger partial charge in [-0.05, 0) is 149 Å². The van der Waals surface area contributed by atoms with Gasteiger partial charge in [-0.2, -0.15) is 11.8 Å². The van der Waals surface area contributed by atoms with Crippen LogP contribution in [0, 0.1) is 11.8 Å². The highest BCUT2D eigenvalue weighted by Crippen LogP contribution is 2.21. The van der Waals surface area contributed by atoms with Gasteiger partial charge >= 0.3 is 5.97 Å². The molecule has 29 nitrogen and oxygen atoms in total. The molecule has 0 bridgehead atoms. The standard InChI is InChI=1S/C68H105N17O12S/c1-40(2)56(65(94)79-51(30-35-98-5)61(90)83-55(38-44-39-76-48-22-10-9-20-46(44)48)63(92)78-49(23-12-15-32-70)59(88)80-52(67(96)97)24-13-16-33-71)85-66(95)57(41(3)4)84-64(93)54(37-43-26-28-45(86)29-27-43)82-62(91)53(36-42-18-7-6-8-19-42)81-60(89)50(25-17-34-75-68(73)74)77-58(87)47(72)21-11-14-31-69/h6-10,18-20,22,26-29,39-41,47,49-57,76,86H,11-17,21,23-25,30-38,69-72H2,1-5H3,(H,77,87)(H,78,92)(H,79,94)(H,80,88)(H,81,89)(H,82,91)(H,83,90)(H,84,93)(H,85,95)(H,96,97)(H4,73,74,75)/t47-,49-,50-,51-,52+,53-,54-,55-,56-,57-/m0/s1. The highest BCUT2D eigenvalue weighted by molar-refractivity contribution is 7.98. The number of rotatable bonds is 46. The number of guanidine groups is 1. The lowest BCUT2D eigenvalue weighted by atomic mass is 9.98. The van der Waals surface area contributed by atoms with Crippen molar-refractivity contribution in [1.82, 2.24) is 52.8 Å². The summed E-state index contributed by atoms with van der Waals surface area (Å²) in [7, 11) is 0. The Balaban J connectivity index is 1.64. The molecule has 0 aliphatic rings. The van der Waals surface area contributed by atoms with Gasteiger partial charge in [0.05, 0.1) is 6.04 Å². The van der Waals surface area contributed by atoms with E-state index in [0.717, 1.165) is 10.9 Å². The van der Waals surface area contributed by atoms with Crippen molar-refractivity contribution in [1.29, 1.82) is 0 Å². The maximum absolute atomic E-state index is 14.8. The fourth-order valence-corrected chi connectivity index (χ4v) is 11.2. The lowest BCUT2D eigenvalue weighted by Gasteiger charge is -2.30. The summed E-state index contributed by atoms with van der Waals surface area (Å²) in [5, 5.41) is 45.8. The number of aliphatic imine (C=N–C) groups is 1. The normalized spacial score (nSPS) is 14.4. The molecule has 540 valence electrons. The largest absolute Gasteiger partial charge is 0.508 e. The van der Waals surface area contributed by atoms with Crippen molar-refractivity contribution in [3.05, 3.63) is 102 Å². The molecule has 0 saturated carbocycles. The fraction of sp³-hybridized carbons (Fsp3) is 0.544. The number of unbranched alkanes of at least 4 members (excludes halogenated alkanes) is 3. The highest BCUT2D eigenvalue weighted by Gasteiger charge is 2.38. The molecule has 98 heavy (non-hydrogen) atoms. The SMILES string of the molecule is CSCC[C@H](NC(=O)[C@@H](NC(=O)[C@@H](NC(=O)[C@H](Cc1ccc(O)cc1)NC(=O)[C@H](Cc1ccccc1)NC(=O)[C@H](CCCN=C(N)N)NC(=O)[C@@H](N)CCCCN)C(C)C)C(C)C)C(=O)N[C@@H](Cc1c[nH]c2ccccc12)C(=O)N[C@@H](CCCCN)C(=O)N[C@H](CCCCN)C(=O)O. The van der Waals surface area contributed by atoms with E-state index in [0.29, 0.717) is 80.5 Å². The van der Waals surface area contributed by atoms with Crippen molar-refractivity contribution >= 4 is 87.8 Å². The van der Waals surface area contributed by atoms with Gasteiger partial charge in [-0.3, -0.25) is 48.1 Å². The third-order valence-corrected chi connectivity index (χ3v) is 17.1. The number of amides is 9. The van der Waals surface area contributed by atoms with E-state index in [9.17, 15) is 58.2 Å².